The molecule has 25 heavy (non-hydrogen) atoms. The standard InChI is InChI=1S/C18H15ClF3NO2/c19-10-3-11-25-17-15-5-2-1-4-14(15)16(24)23(17)13-8-6-12(7-9-13)18(20,21)22/h1-2,4-9,17H,3,10-11H2. The van der Waals surface area contributed by atoms with Gasteiger partial charge in [0, 0.05) is 22.7 Å². The minimum Gasteiger partial charge on any atom is -0.353 e. The summed E-state index contributed by atoms with van der Waals surface area (Å²) in [6.07, 6.45) is -4.49. The number of fused-ring (bicyclic) bond motifs is 1. The Morgan fingerprint density at radius 1 is 1.08 bits per heavy atom. The van der Waals surface area contributed by atoms with Crippen LogP contribution in [0, 0.1) is 0 Å². The molecule has 2 aromatic rings. The second-order valence-corrected chi connectivity index (χ2v) is 5.95. The van der Waals surface area contributed by atoms with Crippen molar-refractivity contribution in [2.45, 2.75) is 18.8 Å². The Hall–Kier alpha value is -2.05. The van der Waals surface area contributed by atoms with Gasteiger partial charge in [-0.25, -0.2) is 0 Å². The third-order valence-corrected chi connectivity index (χ3v) is 4.20. The van der Waals surface area contributed by atoms with E-state index in [0.717, 1.165) is 12.1 Å². The van der Waals surface area contributed by atoms with Crippen molar-refractivity contribution in [1.82, 2.24) is 0 Å². The summed E-state index contributed by atoms with van der Waals surface area (Å²) in [6.45, 7) is 0.340. The van der Waals surface area contributed by atoms with Gasteiger partial charge in [-0.1, -0.05) is 18.2 Å². The molecule has 2 aromatic carbocycles. The number of hydrogen-bond donors (Lipinski definition) is 0. The SMILES string of the molecule is O=C1c2ccccc2C(OCCCCl)N1c1ccc(C(F)(F)F)cc1. The lowest BCUT2D eigenvalue weighted by Crippen LogP contribution is -2.29. The van der Waals surface area contributed by atoms with Crippen molar-refractivity contribution in [3.8, 4) is 0 Å². The van der Waals surface area contributed by atoms with Crippen LogP contribution in [0.2, 0.25) is 0 Å². The molecule has 1 aliphatic heterocycles. The maximum Gasteiger partial charge on any atom is 0.416 e. The summed E-state index contributed by atoms with van der Waals surface area (Å²) in [5.74, 6) is 0.119. The van der Waals surface area contributed by atoms with Crippen LogP contribution in [0.1, 0.15) is 34.1 Å². The molecule has 0 saturated carbocycles. The van der Waals surface area contributed by atoms with E-state index in [-0.39, 0.29) is 5.91 Å². The fourth-order valence-electron chi connectivity index (χ4n) is 2.76. The molecule has 0 fully saturated rings. The van der Waals surface area contributed by atoms with Gasteiger partial charge in [0.2, 0.25) is 0 Å². The normalized spacial score (nSPS) is 17.0. The molecule has 0 aromatic heterocycles. The quantitative estimate of drug-likeness (QED) is 0.547. The number of ether oxygens (including phenoxy) is 1. The lowest BCUT2D eigenvalue weighted by atomic mass is 10.1. The van der Waals surface area contributed by atoms with Crippen LogP contribution in [-0.2, 0) is 10.9 Å². The second kappa shape index (κ2) is 7.06. The van der Waals surface area contributed by atoms with Crippen molar-refractivity contribution in [2.75, 3.05) is 17.4 Å². The summed E-state index contributed by atoms with van der Waals surface area (Å²) in [7, 11) is 0. The fourth-order valence-corrected chi connectivity index (χ4v) is 2.87. The lowest BCUT2D eigenvalue weighted by molar-refractivity contribution is -0.137. The number of carbonyl (C=O) groups excluding carboxylic acids is 1. The summed E-state index contributed by atoms with van der Waals surface area (Å²) in [6, 6.07) is 11.5. The summed E-state index contributed by atoms with van der Waals surface area (Å²) < 4.78 is 44.1. The molecule has 1 unspecified atom stereocenters. The molecule has 1 aliphatic rings. The second-order valence-electron chi connectivity index (χ2n) is 5.57. The molecule has 0 aliphatic carbocycles. The highest BCUT2D eigenvalue weighted by atomic mass is 35.5. The Labute approximate surface area is 148 Å². The maximum absolute atomic E-state index is 12.8. The minimum absolute atomic E-state index is 0.300. The monoisotopic (exact) mass is 369 g/mol. The molecule has 0 saturated heterocycles. The van der Waals surface area contributed by atoms with Gasteiger partial charge < -0.3 is 4.74 Å². The molecule has 132 valence electrons. The van der Waals surface area contributed by atoms with Crippen molar-refractivity contribution >= 4 is 23.2 Å². The van der Waals surface area contributed by atoms with Crippen LogP contribution in [0.4, 0.5) is 18.9 Å². The highest BCUT2D eigenvalue weighted by Crippen LogP contribution is 2.39. The van der Waals surface area contributed by atoms with Gasteiger partial charge in [-0.3, -0.25) is 9.69 Å². The van der Waals surface area contributed by atoms with Crippen molar-refractivity contribution in [3.05, 3.63) is 65.2 Å². The smallest absolute Gasteiger partial charge is 0.353 e. The molecule has 3 rings (SSSR count). The van der Waals surface area contributed by atoms with Gasteiger partial charge in [-0.15, -0.1) is 11.6 Å². The van der Waals surface area contributed by atoms with Crippen LogP contribution in [0.25, 0.3) is 0 Å². The van der Waals surface area contributed by atoms with E-state index in [1.54, 1.807) is 24.3 Å². The van der Waals surface area contributed by atoms with Crippen molar-refractivity contribution in [3.63, 3.8) is 0 Å². The van der Waals surface area contributed by atoms with Crippen molar-refractivity contribution in [1.29, 1.82) is 0 Å². The number of rotatable bonds is 5. The van der Waals surface area contributed by atoms with E-state index in [0.29, 0.717) is 35.7 Å². The molecule has 1 atom stereocenters. The van der Waals surface area contributed by atoms with Crippen LogP contribution in [-0.4, -0.2) is 18.4 Å². The molecule has 0 spiro atoms. The van der Waals surface area contributed by atoms with E-state index in [2.05, 4.69) is 0 Å². The molecular weight excluding hydrogens is 355 g/mol. The first-order valence-electron chi connectivity index (χ1n) is 7.71. The zero-order chi connectivity index (χ0) is 18.0. The summed E-state index contributed by atoms with van der Waals surface area (Å²) in [4.78, 5) is 14.1. The highest BCUT2D eigenvalue weighted by Gasteiger charge is 2.38. The molecule has 0 N–H and O–H groups in total. The third kappa shape index (κ3) is 3.50. The first-order valence-corrected chi connectivity index (χ1v) is 8.24. The van der Waals surface area contributed by atoms with Crippen LogP contribution in [0.15, 0.2) is 48.5 Å². The van der Waals surface area contributed by atoms with Gasteiger partial charge in [-0.2, -0.15) is 13.2 Å². The van der Waals surface area contributed by atoms with Crippen LogP contribution >= 0.6 is 11.6 Å². The lowest BCUT2D eigenvalue weighted by Gasteiger charge is -2.25. The maximum atomic E-state index is 12.8. The number of benzene rings is 2. The molecule has 0 radical (unpaired) electrons. The van der Waals surface area contributed by atoms with Crippen LogP contribution in [0.3, 0.4) is 0 Å². The number of hydrogen-bond acceptors (Lipinski definition) is 2. The first-order chi connectivity index (χ1) is 11.9. The molecule has 1 amide bonds. The zero-order valence-corrected chi connectivity index (χ0v) is 13.8. The topological polar surface area (TPSA) is 29.5 Å². The number of nitrogens with zero attached hydrogens (tertiary/aromatic N) is 1. The third-order valence-electron chi connectivity index (χ3n) is 3.94. The van der Waals surface area contributed by atoms with Gasteiger partial charge >= 0.3 is 6.18 Å². The minimum atomic E-state index is -4.42. The molecule has 7 heteroatoms. The van der Waals surface area contributed by atoms with E-state index in [9.17, 15) is 18.0 Å². The Bertz CT molecular complexity index is 762. The Morgan fingerprint density at radius 2 is 1.76 bits per heavy atom. The Kier molecular flexibility index (Phi) is 5.01. The molecule has 0 bridgehead atoms. The first kappa shape index (κ1) is 17.8. The van der Waals surface area contributed by atoms with Crippen LogP contribution in [0.5, 0.6) is 0 Å². The van der Waals surface area contributed by atoms with E-state index < -0.39 is 18.0 Å². The predicted molar refractivity (Wildman–Crippen MR) is 88.7 cm³/mol. The number of carbonyl (C=O) groups is 1. The largest absolute Gasteiger partial charge is 0.416 e. The van der Waals surface area contributed by atoms with Gasteiger partial charge in [0.1, 0.15) is 0 Å². The highest BCUT2D eigenvalue weighted by molar-refractivity contribution is 6.17. The van der Waals surface area contributed by atoms with Crippen LogP contribution < -0.4 is 4.90 Å². The summed E-state index contributed by atoms with van der Waals surface area (Å²) in [5, 5.41) is 0. The number of alkyl halides is 4. The molecule has 1 heterocycles. The zero-order valence-electron chi connectivity index (χ0n) is 13.1. The number of amides is 1. The van der Waals surface area contributed by atoms with Crippen molar-refractivity contribution in [2.24, 2.45) is 0 Å². The van der Waals surface area contributed by atoms with Gasteiger partial charge in [0.15, 0.2) is 6.23 Å². The van der Waals surface area contributed by atoms with Gasteiger partial charge in [-0.05, 0) is 36.8 Å². The average Bonchev–Trinajstić information content (AvgIpc) is 2.87. The van der Waals surface area contributed by atoms with Crippen molar-refractivity contribution < 1.29 is 22.7 Å². The van der Waals surface area contributed by atoms with E-state index >= 15 is 0 Å². The Balaban J connectivity index is 1.94. The number of halogens is 4. The number of anilines is 1. The van der Waals surface area contributed by atoms with E-state index in [1.807, 2.05) is 0 Å². The summed E-state index contributed by atoms with van der Waals surface area (Å²) in [5.41, 5.74) is 0.769. The fraction of sp³-hybridized carbons (Fsp3) is 0.278. The predicted octanol–water partition coefficient (Wildman–Crippen LogP) is 5.01. The van der Waals surface area contributed by atoms with Gasteiger partial charge in [0.25, 0.3) is 5.91 Å². The average molecular weight is 370 g/mol. The summed E-state index contributed by atoms with van der Waals surface area (Å²) >= 11 is 5.66. The van der Waals surface area contributed by atoms with E-state index in [1.165, 1.54) is 17.0 Å². The molecule has 3 nitrogen and oxygen atoms in total. The Morgan fingerprint density at radius 3 is 2.40 bits per heavy atom. The molecular formula is C18H15ClF3NO2. The van der Waals surface area contributed by atoms with Gasteiger partial charge in [0.05, 0.1) is 12.2 Å². The van der Waals surface area contributed by atoms with E-state index in [4.69, 9.17) is 16.3 Å².